The van der Waals surface area contributed by atoms with Gasteiger partial charge in [-0.2, -0.15) is 0 Å². The molecule has 2 N–H and O–H groups in total. The second kappa shape index (κ2) is 5.41. The quantitative estimate of drug-likeness (QED) is 0.502. The number of guanidine groups is 1. The molecule has 0 bridgehead atoms. The van der Waals surface area contributed by atoms with E-state index in [-0.39, 0.29) is 0 Å². The molecule has 0 aromatic rings. The molecule has 8 heteroatoms. The molecule has 0 aliphatic carbocycles. The SMILES string of the molecule is CS(=O)(=O)N1CC(CN=C(N)N2CCOCC2)C1. The molecule has 2 saturated heterocycles. The van der Waals surface area contributed by atoms with Gasteiger partial charge in [0, 0.05) is 38.6 Å². The zero-order valence-corrected chi connectivity index (χ0v) is 11.4. The van der Waals surface area contributed by atoms with E-state index < -0.39 is 10.0 Å². The fraction of sp³-hybridized carbons (Fsp3) is 0.900. The standard InChI is InChI=1S/C10H20N4O3S/c1-18(15,16)14-7-9(8-14)6-12-10(11)13-2-4-17-5-3-13/h9H,2-8H2,1H3,(H2,11,12). The van der Waals surface area contributed by atoms with E-state index in [9.17, 15) is 8.42 Å². The molecule has 0 atom stereocenters. The topological polar surface area (TPSA) is 88.2 Å². The number of ether oxygens (including phenoxy) is 1. The van der Waals surface area contributed by atoms with E-state index in [0.29, 0.717) is 44.7 Å². The number of hydrogen-bond donors (Lipinski definition) is 1. The Balaban J connectivity index is 1.75. The average Bonchev–Trinajstić information content (AvgIpc) is 2.26. The second-order valence-corrected chi connectivity index (χ2v) is 6.73. The van der Waals surface area contributed by atoms with Gasteiger partial charge in [-0.25, -0.2) is 12.7 Å². The molecule has 2 heterocycles. The van der Waals surface area contributed by atoms with Crippen LogP contribution in [0.2, 0.25) is 0 Å². The molecule has 104 valence electrons. The monoisotopic (exact) mass is 276 g/mol. The first-order valence-corrected chi connectivity index (χ1v) is 7.89. The third kappa shape index (κ3) is 3.33. The molecular formula is C10H20N4O3S. The van der Waals surface area contributed by atoms with Crippen LogP contribution in [0, 0.1) is 5.92 Å². The van der Waals surface area contributed by atoms with Crippen LogP contribution in [0.1, 0.15) is 0 Å². The average molecular weight is 276 g/mol. The van der Waals surface area contributed by atoms with Gasteiger partial charge in [0.2, 0.25) is 10.0 Å². The van der Waals surface area contributed by atoms with Crippen molar-refractivity contribution >= 4 is 16.0 Å². The summed E-state index contributed by atoms with van der Waals surface area (Å²) in [5.41, 5.74) is 5.88. The van der Waals surface area contributed by atoms with E-state index in [1.165, 1.54) is 10.6 Å². The molecule has 0 radical (unpaired) electrons. The Morgan fingerprint density at radius 3 is 2.56 bits per heavy atom. The highest BCUT2D eigenvalue weighted by molar-refractivity contribution is 7.88. The molecule has 2 aliphatic heterocycles. The molecule has 2 rings (SSSR count). The Morgan fingerprint density at radius 1 is 1.39 bits per heavy atom. The lowest BCUT2D eigenvalue weighted by molar-refractivity contribution is 0.0673. The van der Waals surface area contributed by atoms with Crippen LogP contribution in [0.15, 0.2) is 4.99 Å². The summed E-state index contributed by atoms with van der Waals surface area (Å²) in [5, 5.41) is 0. The highest BCUT2D eigenvalue weighted by Gasteiger charge is 2.32. The third-order valence-corrected chi connectivity index (χ3v) is 4.48. The van der Waals surface area contributed by atoms with Crippen LogP contribution in [-0.2, 0) is 14.8 Å². The Kier molecular flexibility index (Phi) is 4.08. The Bertz CT molecular complexity index is 411. The van der Waals surface area contributed by atoms with Crippen molar-refractivity contribution in [3.8, 4) is 0 Å². The summed E-state index contributed by atoms with van der Waals surface area (Å²) in [4.78, 5) is 6.33. The van der Waals surface area contributed by atoms with Crippen molar-refractivity contribution in [2.75, 3.05) is 52.2 Å². The van der Waals surface area contributed by atoms with Crippen molar-refractivity contribution in [1.29, 1.82) is 0 Å². The maximum Gasteiger partial charge on any atom is 0.211 e. The molecule has 0 amide bonds. The van der Waals surface area contributed by atoms with Gasteiger partial charge in [-0.3, -0.25) is 4.99 Å². The summed E-state index contributed by atoms with van der Waals surface area (Å²) < 4.78 is 29.1. The molecule has 0 aromatic heterocycles. The minimum Gasteiger partial charge on any atom is -0.378 e. The van der Waals surface area contributed by atoms with Gasteiger partial charge < -0.3 is 15.4 Å². The van der Waals surface area contributed by atoms with Gasteiger partial charge in [-0.1, -0.05) is 0 Å². The maximum absolute atomic E-state index is 11.2. The van der Waals surface area contributed by atoms with Gasteiger partial charge in [-0.05, 0) is 0 Å². The minimum atomic E-state index is -3.03. The smallest absolute Gasteiger partial charge is 0.211 e. The number of aliphatic imine (C=N–C) groups is 1. The van der Waals surface area contributed by atoms with E-state index >= 15 is 0 Å². The molecule has 0 spiro atoms. The molecule has 0 aromatic carbocycles. The van der Waals surface area contributed by atoms with Gasteiger partial charge in [0.1, 0.15) is 0 Å². The molecule has 7 nitrogen and oxygen atoms in total. The van der Waals surface area contributed by atoms with E-state index in [2.05, 4.69) is 4.99 Å². The van der Waals surface area contributed by atoms with Crippen LogP contribution in [0.4, 0.5) is 0 Å². The lowest BCUT2D eigenvalue weighted by atomic mass is 10.0. The molecular weight excluding hydrogens is 256 g/mol. The fourth-order valence-corrected chi connectivity index (χ4v) is 2.99. The Labute approximate surface area is 108 Å². The lowest BCUT2D eigenvalue weighted by Gasteiger charge is -2.36. The van der Waals surface area contributed by atoms with Crippen molar-refractivity contribution in [1.82, 2.24) is 9.21 Å². The zero-order valence-electron chi connectivity index (χ0n) is 10.6. The summed E-state index contributed by atoms with van der Waals surface area (Å²) in [5.74, 6) is 0.829. The summed E-state index contributed by atoms with van der Waals surface area (Å²) in [6, 6.07) is 0. The van der Waals surface area contributed by atoms with Crippen molar-refractivity contribution < 1.29 is 13.2 Å². The molecule has 2 aliphatic rings. The van der Waals surface area contributed by atoms with E-state index in [1.807, 2.05) is 4.90 Å². The minimum absolute atomic E-state index is 0.291. The Hall–Kier alpha value is -0.860. The van der Waals surface area contributed by atoms with E-state index in [1.54, 1.807) is 0 Å². The largest absolute Gasteiger partial charge is 0.378 e. The molecule has 2 fully saturated rings. The van der Waals surface area contributed by atoms with Crippen molar-refractivity contribution in [3.05, 3.63) is 0 Å². The van der Waals surface area contributed by atoms with Gasteiger partial charge in [0.25, 0.3) is 0 Å². The fourth-order valence-electron chi connectivity index (χ4n) is 2.02. The normalized spacial score (nSPS) is 24.1. The molecule has 0 unspecified atom stereocenters. The lowest BCUT2D eigenvalue weighted by Crippen LogP contribution is -2.51. The van der Waals surface area contributed by atoms with Gasteiger partial charge in [0.15, 0.2) is 5.96 Å². The number of hydrogen-bond acceptors (Lipinski definition) is 4. The van der Waals surface area contributed by atoms with Gasteiger partial charge >= 0.3 is 0 Å². The van der Waals surface area contributed by atoms with Crippen LogP contribution in [0.25, 0.3) is 0 Å². The third-order valence-electron chi connectivity index (χ3n) is 3.24. The first-order valence-electron chi connectivity index (χ1n) is 6.04. The number of rotatable bonds is 3. The summed E-state index contributed by atoms with van der Waals surface area (Å²) in [6.45, 7) is 4.61. The molecule has 0 saturated carbocycles. The van der Waals surface area contributed by atoms with Crippen LogP contribution >= 0.6 is 0 Å². The van der Waals surface area contributed by atoms with Crippen LogP contribution in [-0.4, -0.2) is 75.8 Å². The highest BCUT2D eigenvalue weighted by atomic mass is 32.2. The summed E-state index contributed by atoms with van der Waals surface area (Å²) >= 11 is 0. The van der Waals surface area contributed by atoms with E-state index in [4.69, 9.17) is 10.5 Å². The summed E-state index contributed by atoms with van der Waals surface area (Å²) in [7, 11) is -3.03. The van der Waals surface area contributed by atoms with Crippen LogP contribution < -0.4 is 5.73 Å². The number of sulfonamides is 1. The Morgan fingerprint density at radius 2 is 2.00 bits per heavy atom. The van der Waals surface area contributed by atoms with Crippen molar-refractivity contribution in [3.63, 3.8) is 0 Å². The first-order chi connectivity index (χ1) is 8.47. The van der Waals surface area contributed by atoms with Gasteiger partial charge in [-0.15, -0.1) is 0 Å². The second-order valence-electron chi connectivity index (χ2n) is 4.74. The van der Waals surface area contributed by atoms with Crippen LogP contribution in [0.3, 0.4) is 0 Å². The van der Waals surface area contributed by atoms with Crippen molar-refractivity contribution in [2.45, 2.75) is 0 Å². The highest BCUT2D eigenvalue weighted by Crippen LogP contribution is 2.18. The van der Waals surface area contributed by atoms with E-state index in [0.717, 1.165) is 13.1 Å². The van der Waals surface area contributed by atoms with Crippen molar-refractivity contribution in [2.24, 2.45) is 16.6 Å². The predicted octanol–water partition coefficient (Wildman–Crippen LogP) is -1.48. The predicted molar refractivity (Wildman–Crippen MR) is 68.8 cm³/mol. The number of nitrogens with two attached hydrogens (primary N) is 1. The first kappa shape index (κ1) is 13.6. The van der Waals surface area contributed by atoms with Gasteiger partial charge in [0.05, 0.1) is 19.5 Å². The summed E-state index contributed by atoms with van der Waals surface area (Å²) in [6.07, 6.45) is 1.23. The maximum atomic E-state index is 11.2. The number of morpholine rings is 1. The number of nitrogens with zero attached hydrogens (tertiary/aromatic N) is 3. The van der Waals surface area contributed by atoms with Crippen LogP contribution in [0.5, 0.6) is 0 Å². The zero-order chi connectivity index (χ0) is 13.2. The molecule has 18 heavy (non-hydrogen) atoms.